The molecule has 0 amide bonds. The van der Waals surface area contributed by atoms with Crippen molar-refractivity contribution in [2.75, 3.05) is 16.8 Å². The fourth-order valence-corrected chi connectivity index (χ4v) is 3.81. The number of fused-ring (bicyclic) bond motifs is 1. The lowest BCUT2D eigenvalue weighted by atomic mass is 9.73. The van der Waals surface area contributed by atoms with Crippen LogP contribution >= 0.6 is 0 Å². The molecule has 2 aliphatic rings. The molecule has 0 spiro atoms. The fraction of sp³-hybridized carbons (Fsp3) is 0.333. The molecule has 0 aliphatic carbocycles. The minimum atomic E-state index is -1.06. The number of rotatable bonds is 2. The number of hydrogen-bond acceptors (Lipinski definition) is 10. The van der Waals surface area contributed by atoms with Crippen molar-refractivity contribution in [1.82, 2.24) is 10.3 Å². The number of aliphatic imine (C=N–C) groups is 1. The summed E-state index contributed by atoms with van der Waals surface area (Å²) in [5, 5.41) is 23.8. The molecule has 1 fully saturated rings. The molecule has 168 valence electrons. The first-order valence-electron chi connectivity index (χ1n) is 10.1. The molecule has 1 unspecified atom stereocenters. The highest BCUT2D eigenvalue weighted by molar-refractivity contribution is 6.62. The Morgan fingerprint density at radius 1 is 1.15 bits per heavy atom. The first kappa shape index (κ1) is 22.3. The fourth-order valence-electron chi connectivity index (χ4n) is 3.81. The van der Waals surface area contributed by atoms with E-state index in [-0.39, 0.29) is 40.0 Å². The Morgan fingerprint density at radius 2 is 1.82 bits per heavy atom. The Balaban J connectivity index is 1.95. The number of benzene rings is 1. The van der Waals surface area contributed by atoms with Crippen LogP contribution in [0, 0.1) is 28.6 Å². The van der Waals surface area contributed by atoms with Crippen molar-refractivity contribution in [1.29, 1.82) is 10.5 Å². The molecule has 0 bridgehead atoms. The Kier molecular flexibility index (Phi) is 5.16. The van der Waals surface area contributed by atoms with Crippen molar-refractivity contribution < 1.29 is 13.7 Å². The molecule has 1 aromatic heterocycles. The third kappa shape index (κ3) is 3.50. The molecule has 12 heteroatoms. The van der Waals surface area contributed by atoms with E-state index in [4.69, 9.17) is 26.0 Å². The van der Waals surface area contributed by atoms with Gasteiger partial charge in [-0.1, -0.05) is 12.1 Å². The summed E-state index contributed by atoms with van der Waals surface area (Å²) in [6.07, 6.45) is 1.77. The zero-order valence-corrected chi connectivity index (χ0v) is 18.5. The van der Waals surface area contributed by atoms with Crippen LogP contribution in [0.1, 0.15) is 50.4 Å². The van der Waals surface area contributed by atoms with Gasteiger partial charge in [-0.25, -0.2) is 14.4 Å². The molecule has 3 heterocycles. The monoisotopic (exact) mass is 448 g/mol. The maximum absolute atomic E-state index is 15.4. The van der Waals surface area contributed by atoms with Crippen LogP contribution in [-0.2, 0) is 9.31 Å². The van der Waals surface area contributed by atoms with Crippen molar-refractivity contribution in [3.63, 3.8) is 0 Å². The van der Waals surface area contributed by atoms with Gasteiger partial charge in [0.05, 0.1) is 16.9 Å². The van der Waals surface area contributed by atoms with E-state index in [1.807, 2.05) is 33.8 Å². The van der Waals surface area contributed by atoms with Crippen molar-refractivity contribution in [2.45, 2.75) is 44.9 Å². The molecule has 0 saturated carbocycles. The first-order chi connectivity index (χ1) is 15.5. The van der Waals surface area contributed by atoms with Gasteiger partial charge in [0.1, 0.15) is 35.1 Å². The highest BCUT2D eigenvalue weighted by atomic mass is 19.1. The minimum absolute atomic E-state index is 0.0142. The van der Waals surface area contributed by atoms with Gasteiger partial charge in [-0.05, 0) is 39.2 Å². The standard InChI is InChI=1S/C21H22BFN8O2/c1-20(2)21(3,4)33-22(32-20)11-6-5-7-12(23)13(11)16-14-15(26)10(8-24)17(27)30-18(14)31-19(29-16)28-9-25/h5-7,16H,1-4H3,(H6,26,27,28,29,30,31). The molecule has 1 atom stereocenters. The third-order valence-electron chi connectivity index (χ3n) is 6.22. The normalized spacial score (nSPS) is 20.2. The number of nitrogens with zero attached hydrogens (tertiary/aromatic N) is 4. The average molecular weight is 448 g/mol. The van der Waals surface area contributed by atoms with Gasteiger partial charge >= 0.3 is 7.12 Å². The lowest BCUT2D eigenvalue weighted by Gasteiger charge is -2.32. The highest BCUT2D eigenvalue weighted by Gasteiger charge is 2.53. The number of nitriles is 2. The number of guanidine groups is 1. The largest absolute Gasteiger partial charge is 0.495 e. The van der Waals surface area contributed by atoms with E-state index < -0.39 is 30.2 Å². The zero-order valence-electron chi connectivity index (χ0n) is 18.5. The van der Waals surface area contributed by atoms with Gasteiger partial charge < -0.3 is 26.1 Å². The van der Waals surface area contributed by atoms with Gasteiger partial charge in [0.2, 0.25) is 5.96 Å². The summed E-state index contributed by atoms with van der Waals surface area (Å²) < 4.78 is 27.7. The molecule has 10 nitrogen and oxygen atoms in total. The van der Waals surface area contributed by atoms with Crippen LogP contribution in [0.4, 0.5) is 21.7 Å². The molecule has 2 aromatic rings. The topological polar surface area (TPSA) is 167 Å². The smallest absolute Gasteiger partial charge is 0.399 e. The molecule has 4 rings (SSSR count). The van der Waals surface area contributed by atoms with Crippen molar-refractivity contribution in [2.24, 2.45) is 4.99 Å². The molecule has 1 saturated heterocycles. The second kappa shape index (κ2) is 7.62. The minimum Gasteiger partial charge on any atom is -0.399 e. The van der Waals surface area contributed by atoms with Gasteiger partial charge in [-0.15, -0.1) is 0 Å². The van der Waals surface area contributed by atoms with Crippen molar-refractivity contribution in [3.8, 4) is 12.3 Å². The summed E-state index contributed by atoms with van der Waals surface area (Å²) in [4.78, 5) is 8.67. The lowest BCUT2D eigenvalue weighted by Crippen LogP contribution is -2.41. The molecule has 6 N–H and O–H groups in total. The average Bonchev–Trinajstić information content (AvgIpc) is 2.94. The molecule has 33 heavy (non-hydrogen) atoms. The van der Waals surface area contributed by atoms with Gasteiger partial charge in [-0.3, -0.25) is 5.32 Å². The molecule has 1 aromatic carbocycles. The Morgan fingerprint density at radius 3 is 2.42 bits per heavy atom. The number of hydrogen-bond donors (Lipinski definition) is 4. The maximum Gasteiger partial charge on any atom is 0.495 e. The maximum atomic E-state index is 15.4. The number of anilines is 3. The predicted molar refractivity (Wildman–Crippen MR) is 122 cm³/mol. The summed E-state index contributed by atoms with van der Waals surface area (Å²) in [6, 6.07) is 5.38. The van der Waals surface area contributed by atoms with E-state index in [9.17, 15) is 5.26 Å². The van der Waals surface area contributed by atoms with E-state index in [2.05, 4.69) is 20.6 Å². The first-order valence-corrected chi connectivity index (χ1v) is 10.1. The van der Waals surface area contributed by atoms with E-state index in [0.717, 1.165) is 0 Å². The van der Waals surface area contributed by atoms with Crippen molar-refractivity contribution >= 4 is 35.9 Å². The molecular weight excluding hydrogens is 426 g/mol. The summed E-state index contributed by atoms with van der Waals surface area (Å²) in [6.45, 7) is 7.57. The SMILES string of the molecule is CC1(C)OB(c2cccc(F)c2C2N=C(NC#N)Nc3nc(N)c(C#N)c(N)c32)OC1(C)C. The molecule has 2 aliphatic heterocycles. The number of aromatic nitrogens is 1. The number of nitrogens with one attached hydrogen (secondary N) is 2. The van der Waals surface area contributed by atoms with E-state index >= 15 is 4.39 Å². The second-order valence-corrected chi connectivity index (χ2v) is 8.73. The number of nitrogens with two attached hydrogens (primary N) is 2. The van der Waals surface area contributed by atoms with Gasteiger partial charge in [0.25, 0.3) is 0 Å². The Bertz CT molecular complexity index is 1250. The van der Waals surface area contributed by atoms with E-state index in [0.29, 0.717) is 5.46 Å². The quantitative estimate of drug-likeness (QED) is 0.302. The van der Waals surface area contributed by atoms with Crippen LogP contribution in [0.5, 0.6) is 0 Å². The highest BCUT2D eigenvalue weighted by Crippen LogP contribution is 2.42. The van der Waals surface area contributed by atoms with Gasteiger partial charge in [-0.2, -0.15) is 10.5 Å². The van der Waals surface area contributed by atoms with Crippen LogP contribution in [0.2, 0.25) is 0 Å². The third-order valence-corrected chi connectivity index (χ3v) is 6.22. The Hall–Kier alpha value is -3.87. The van der Waals surface area contributed by atoms with Gasteiger partial charge in [0, 0.05) is 11.1 Å². The number of pyridine rings is 1. The van der Waals surface area contributed by atoms with Crippen LogP contribution in [0.15, 0.2) is 23.2 Å². The number of halogens is 1. The summed E-state index contributed by atoms with van der Waals surface area (Å²) in [7, 11) is -0.889. The Labute approximate surface area is 190 Å². The predicted octanol–water partition coefficient (Wildman–Crippen LogP) is 1.50. The van der Waals surface area contributed by atoms with Crippen LogP contribution in [0.25, 0.3) is 0 Å². The van der Waals surface area contributed by atoms with Crippen LogP contribution < -0.4 is 27.6 Å². The van der Waals surface area contributed by atoms with Crippen molar-refractivity contribution in [3.05, 3.63) is 40.7 Å². The van der Waals surface area contributed by atoms with E-state index in [1.54, 1.807) is 18.3 Å². The summed E-state index contributed by atoms with van der Waals surface area (Å²) in [5.41, 5.74) is 11.6. The van der Waals surface area contributed by atoms with E-state index in [1.165, 1.54) is 6.07 Å². The molecular formula is C21H22BFN8O2. The zero-order chi connectivity index (χ0) is 24.1. The van der Waals surface area contributed by atoms with Gasteiger partial charge in [0.15, 0.2) is 6.19 Å². The summed E-state index contributed by atoms with van der Waals surface area (Å²) >= 11 is 0. The van der Waals surface area contributed by atoms with Crippen LogP contribution in [0.3, 0.4) is 0 Å². The lowest BCUT2D eigenvalue weighted by molar-refractivity contribution is 0.00578. The molecule has 0 radical (unpaired) electrons. The van der Waals surface area contributed by atoms with Crippen LogP contribution in [-0.4, -0.2) is 29.3 Å². The second-order valence-electron chi connectivity index (χ2n) is 8.73. The summed E-state index contributed by atoms with van der Waals surface area (Å²) in [5.74, 6) is -0.508. The number of nitrogen functional groups attached to an aromatic ring is 2.